The average Bonchev–Trinajstić information content (AvgIpc) is 2.27. The van der Waals surface area contributed by atoms with Gasteiger partial charge < -0.3 is 5.32 Å². The van der Waals surface area contributed by atoms with Gasteiger partial charge >= 0.3 is 0 Å². The van der Waals surface area contributed by atoms with Crippen molar-refractivity contribution >= 4 is 0 Å². The van der Waals surface area contributed by atoms with Gasteiger partial charge in [0.25, 0.3) is 6.43 Å². The number of rotatable bonds is 6. The summed E-state index contributed by atoms with van der Waals surface area (Å²) in [6, 6.07) is 6.65. The highest BCUT2D eigenvalue weighted by Gasteiger charge is 2.16. The van der Waals surface area contributed by atoms with E-state index in [4.69, 9.17) is 0 Å². The minimum atomic E-state index is -2.37. The molecule has 0 radical (unpaired) electrons. The zero-order valence-electron chi connectivity index (χ0n) is 9.96. The van der Waals surface area contributed by atoms with Gasteiger partial charge in [-0.2, -0.15) is 0 Å². The minimum absolute atomic E-state index is 0.114. The van der Waals surface area contributed by atoms with E-state index in [-0.39, 0.29) is 5.56 Å². The average molecular weight is 239 g/mol. The summed E-state index contributed by atoms with van der Waals surface area (Å²) in [5.41, 5.74) is 1.06. The third-order valence-corrected chi connectivity index (χ3v) is 3.49. The van der Waals surface area contributed by atoms with Gasteiger partial charge in [0.15, 0.2) is 0 Å². The highest BCUT2D eigenvalue weighted by Crippen LogP contribution is 2.28. The molecule has 0 atom stereocenters. The van der Waals surface area contributed by atoms with Gasteiger partial charge in [-0.1, -0.05) is 37.5 Å². The summed E-state index contributed by atoms with van der Waals surface area (Å²) < 4.78 is 24.9. The third kappa shape index (κ3) is 3.77. The topological polar surface area (TPSA) is 12.0 Å². The smallest absolute Gasteiger partial charge is 0.263 e. The Balaban J connectivity index is 1.72. The molecule has 1 aromatic carbocycles. The second-order valence-corrected chi connectivity index (χ2v) is 4.81. The summed E-state index contributed by atoms with van der Waals surface area (Å²) in [7, 11) is 0. The summed E-state index contributed by atoms with van der Waals surface area (Å²) in [5, 5.41) is 3.32. The van der Waals surface area contributed by atoms with Gasteiger partial charge in [0.1, 0.15) is 0 Å². The fraction of sp³-hybridized carbons (Fsp3) is 0.571. The number of halogens is 2. The highest BCUT2D eigenvalue weighted by atomic mass is 19.3. The lowest BCUT2D eigenvalue weighted by molar-refractivity contribution is 0.151. The first-order valence-corrected chi connectivity index (χ1v) is 6.33. The highest BCUT2D eigenvalue weighted by molar-refractivity contribution is 5.24. The van der Waals surface area contributed by atoms with E-state index in [1.165, 1.54) is 31.7 Å². The second kappa shape index (κ2) is 6.10. The van der Waals surface area contributed by atoms with Crippen LogP contribution in [0.4, 0.5) is 8.78 Å². The van der Waals surface area contributed by atoms with Crippen molar-refractivity contribution in [1.82, 2.24) is 5.32 Å². The van der Waals surface area contributed by atoms with E-state index < -0.39 is 6.43 Å². The molecule has 1 N–H and O–H groups in total. The molecule has 17 heavy (non-hydrogen) atoms. The third-order valence-electron chi connectivity index (χ3n) is 3.49. The van der Waals surface area contributed by atoms with Crippen LogP contribution in [0.15, 0.2) is 24.3 Å². The molecule has 1 saturated carbocycles. The van der Waals surface area contributed by atoms with Gasteiger partial charge in [-0.25, -0.2) is 8.78 Å². The fourth-order valence-electron chi connectivity index (χ4n) is 2.16. The van der Waals surface area contributed by atoms with E-state index >= 15 is 0 Å². The first kappa shape index (κ1) is 12.5. The standard InChI is InChI=1S/C14H19F2N/c15-14(16)13-6-2-5-12(9-13)10-17-8-7-11-3-1-4-11/h2,5-6,9,11,14,17H,1,3-4,7-8,10H2. The molecule has 0 bridgehead atoms. The summed E-state index contributed by atoms with van der Waals surface area (Å²) in [5.74, 6) is 0.898. The van der Waals surface area contributed by atoms with Crippen molar-refractivity contribution in [2.75, 3.05) is 6.54 Å². The number of hydrogen-bond donors (Lipinski definition) is 1. The van der Waals surface area contributed by atoms with Crippen LogP contribution < -0.4 is 5.32 Å². The largest absolute Gasteiger partial charge is 0.313 e. The fourth-order valence-corrected chi connectivity index (χ4v) is 2.16. The predicted octanol–water partition coefficient (Wildman–Crippen LogP) is 3.90. The molecule has 1 nitrogen and oxygen atoms in total. The molecular weight excluding hydrogens is 220 g/mol. The summed E-state index contributed by atoms with van der Waals surface area (Å²) in [6.07, 6.45) is 2.95. The molecule has 1 fully saturated rings. The van der Waals surface area contributed by atoms with Crippen molar-refractivity contribution in [1.29, 1.82) is 0 Å². The van der Waals surface area contributed by atoms with E-state index in [9.17, 15) is 8.78 Å². The minimum Gasteiger partial charge on any atom is -0.313 e. The van der Waals surface area contributed by atoms with Crippen LogP contribution in [0.3, 0.4) is 0 Å². The van der Waals surface area contributed by atoms with Crippen LogP contribution in [0.25, 0.3) is 0 Å². The van der Waals surface area contributed by atoms with E-state index in [1.54, 1.807) is 12.1 Å². The van der Waals surface area contributed by atoms with Crippen LogP contribution in [0.2, 0.25) is 0 Å². The normalized spacial score (nSPS) is 16.2. The van der Waals surface area contributed by atoms with E-state index in [1.807, 2.05) is 6.07 Å². The first-order valence-electron chi connectivity index (χ1n) is 6.33. The zero-order chi connectivity index (χ0) is 12.1. The lowest BCUT2D eigenvalue weighted by Crippen LogP contribution is -2.21. The molecule has 0 spiro atoms. The van der Waals surface area contributed by atoms with Crippen LogP contribution in [-0.2, 0) is 6.54 Å². The Morgan fingerprint density at radius 2 is 2.12 bits per heavy atom. The van der Waals surface area contributed by atoms with Crippen molar-refractivity contribution < 1.29 is 8.78 Å². The van der Waals surface area contributed by atoms with Gasteiger partial charge in [0.05, 0.1) is 0 Å². The molecule has 1 aliphatic rings. The molecule has 0 aliphatic heterocycles. The molecule has 0 amide bonds. The molecule has 3 heteroatoms. The maximum Gasteiger partial charge on any atom is 0.263 e. The molecular formula is C14H19F2N. The number of benzene rings is 1. The number of nitrogens with one attached hydrogen (secondary N) is 1. The van der Waals surface area contributed by atoms with Crippen LogP contribution >= 0.6 is 0 Å². The van der Waals surface area contributed by atoms with Gasteiger partial charge in [0.2, 0.25) is 0 Å². The maximum absolute atomic E-state index is 12.5. The van der Waals surface area contributed by atoms with E-state index in [2.05, 4.69) is 5.32 Å². The number of alkyl halides is 2. The Labute approximate surface area is 101 Å². The van der Waals surface area contributed by atoms with Crippen LogP contribution in [0.5, 0.6) is 0 Å². The molecule has 0 aromatic heterocycles. The van der Waals surface area contributed by atoms with Crippen LogP contribution in [-0.4, -0.2) is 6.54 Å². The van der Waals surface area contributed by atoms with Crippen molar-refractivity contribution in [3.63, 3.8) is 0 Å². The predicted molar refractivity (Wildman–Crippen MR) is 65.1 cm³/mol. The monoisotopic (exact) mass is 239 g/mol. The first-order chi connectivity index (χ1) is 8.25. The summed E-state index contributed by atoms with van der Waals surface area (Å²) in [4.78, 5) is 0. The molecule has 0 unspecified atom stereocenters. The van der Waals surface area contributed by atoms with Crippen molar-refractivity contribution in [2.45, 2.75) is 38.7 Å². The SMILES string of the molecule is FC(F)c1cccc(CNCCC2CCC2)c1. The Kier molecular flexibility index (Phi) is 4.49. The van der Waals surface area contributed by atoms with Gasteiger partial charge in [-0.15, -0.1) is 0 Å². The van der Waals surface area contributed by atoms with E-state index in [0.717, 1.165) is 18.0 Å². The van der Waals surface area contributed by atoms with Crippen molar-refractivity contribution in [3.8, 4) is 0 Å². The van der Waals surface area contributed by atoms with Crippen LogP contribution in [0.1, 0.15) is 43.2 Å². The second-order valence-electron chi connectivity index (χ2n) is 4.81. The van der Waals surface area contributed by atoms with Gasteiger partial charge in [0, 0.05) is 12.1 Å². The Morgan fingerprint density at radius 3 is 2.76 bits per heavy atom. The van der Waals surface area contributed by atoms with Crippen LogP contribution in [0, 0.1) is 5.92 Å². The van der Waals surface area contributed by atoms with Gasteiger partial charge in [-0.05, 0) is 30.5 Å². The lowest BCUT2D eigenvalue weighted by Gasteiger charge is -2.25. The van der Waals surface area contributed by atoms with Crippen molar-refractivity contribution in [3.05, 3.63) is 35.4 Å². The maximum atomic E-state index is 12.5. The summed E-state index contributed by atoms with van der Waals surface area (Å²) >= 11 is 0. The van der Waals surface area contributed by atoms with E-state index in [0.29, 0.717) is 6.54 Å². The molecule has 0 heterocycles. The number of hydrogen-bond acceptors (Lipinski definition) is 1. The van der Waals surface area contributed by atoms with Crippen molar-refractivity contribution in [2.24, 2.45) is 5.92 Å². The molecule has 94 valence electrons. The Morgan fingerprint density at radius 1 is 1.29 bits per heavy atom. The molecule has 1 aliphatic carbocycles. The molecule has 0 saturated heterocycles. The van der Waals surface area contributed by atoms with Gasteiger partial charge in [-0.3, -0.25) is 0 Å². The lowest BCUT2D eigenvalue weighted by atomic mass is 9.83. The molecule has 1 aromatic rings. The Bertz CT molecular complexity index is 348. The Hall–Kier alpha value is -0.960. The quantitative estimate of drug-likeness (QED) is 0.742. The zero-order valence-corrected chi connectivity index (χ0v) is 9.96. The molecule has 2 rings (SSSR count). The summed E-state index contributed by atoms with van der Waals surface area (Å²) in [6.45, 7) is 1.68.